The van der Waals surface area contributed by atoms with Crippen LogP contribution in [0, 0.1) is 11.2 Å². The number of carbonyl (C=O) groups excluding carboxylic acids is 1. The van der Waals surface area contributed by atoms with Gasteiger partial charge in [0.1, 0.15) is 5.82 Å². The minimum atomic E-state index is -0.734. The van der Waals surface area contributed by atoms with E-state index < -0.39 is 11.7 Å². The van der Waals surface area contributed by atoms with E-state index in [2.05, 4.69) is 25.6 Å². The number of hydrogen-bond donors (Lipinski definition) is 3. The Kier molecular flexibility index (Phi) is 6.80. The molecular weight excluding hydrogens is 499 g/mol. The summed E-state index contributed by atoms with van der Waals surface area (Å²) < 4.78 is 25.8. The molecule has 1 saturated heterocycles. The standard InChI is InChI=1S/C29H29FN6O3/c1-29(15-32-26(37)19-5-3-2-4-6-19)16-38-27(39-17-29)25-35-23(18-7-9-20(30)10-8-18)24(36-25)22-13-14-31-28(34-22)33-21-11-12-21/h2-10,13-14,21,27H,11-12,15-17H2,1H3,(H,32,37)(H,35,36)(H,31,33,34). The van der Waals surface area contributed by atoms with Crippen molar-refractivity contribution in [2.45, 2.75) is 32.1 Å². The average molecular weight is 529 g/mol. The lowest BCUT2D eigenvalue weighted by atomic mass is 9.92. The second-order valence-electron chi connectivity index (χ2n) is 10.3. The van der Waals surface area contributed by atoms with Crippen LogP contribution in [-0.4, -0.2) is 51.6 Å². The molecule has 3 heterocycles. The largest absolute Gasteiger partial charge is 0.351 e. The van der Waals surface area contributed by atoms with E-state index in [4.69, 9.17) is 14.5 Å². The monoisotopic (exact) mass is 528 g/mol. The first-order valence-corrected chi connectivity index (χ1v) is 13.0. The van der Waals surface area contributed by atoms with Crippen molar-refractivity contribution in [3.05, 3.63) is 84.1 Å². The molecule has 2 aromatic carbocycles. The highest BCUT2D eigenvalue weighted by Crippen LogP contribution is 2.35. The van der Waals surface area contributed by atoms with Crippen molar-refractivity contribution in [2.75, 3.05) is 25.1 Å². The van der Waals surface area contributed by atoms with Gasteiger partial charge in [-0.25, -0.2) is 19.3 Å². The third-order valence-electron chi connectivity index (χ3n) is 6.76. The van der Waals surface area contributed by atoms with Gasteiger partial charge in [-0.2, -0.15) is 0 Å². The maximum atomic E-state index is 13.7. The maximum absolute atomic E-state index is 13.7. The summed E-state index contributed by atoms with van der Waals surface area (Å²) in [5, 5.41) is 6.29. The maximum Gasteiger partial charge on any atom is 0.251 e. The summed E-state index contributed by atoms with van der Waals surface area (Å²) in [6.45, 7) is 3.12. The van der Waals surface area contributed by atoms with E-state index in [0.717, 1.165) is 18.4 Å². The molecule has 9 nitrogen and oxygen atoms in total. The molecule has 2 aromatic heterocycles. The van der Waals surface area contributed by atoms with E-state index in [1.807, 2.05) is 25.1 Å². The quantitative estimate of drug-likeness (QED) is 0.303. The third-order valence-corrected chi connectivity index (χ3v) is 6.76. The number of nitrogens with one attached hydrogen (secondary N) is 3. The van der Waals surface area contributed by atoms with Crippen molar-refractivity contribution < 1.29 is 18.7 Å². The Morgan fingerprint density at radius 3 is 2.51 bits per heavy atom. The lowest BCUT2D eigenvalue weighted by Gasteiger charge is -2.36. The van der Waals surface area contributed by atoms with Gasteiger partial charge in [0.2, 0.25) is 12.2 Å². The molecule has 2 fully saturated rings. The summed E-state index contributed by atoms with van der Waals surface area (Å²) in [6, 6.07) is 17.5. The van der Waals surface area contributed by atoms with E-state index in [1.165, 1.54) is 12.1 Å². The summed E-state index contributed by atoms with van der Waals surface area (Å²) in [7, 11) is 0. The Hall–Kier alpha value is -4.15. The fraction of sp³-hybridized carbons (Fsp3) is 0.310. The molecular formula is C29H29FN6O3. The minimum absolute atomic E-state index is 0.140. The molecule has 0 radical (unpaired) electrons. The molecule has 1 saturated carbocycles. The molecule has 1 amide bonds. The fourth-order valence-electron chi connectivity index (χ4n) is 4.37. The van der Waals surface area contributed by atoms with Crippen LogP contribution in [0.1, 0.15) is 42.2 Å². The molecule has 0 unspecified atom stereocenters. The number of aromatic amines is 1. The molecule has 39 heavy (non-hydrogen) atoms. The molecule has 0 spiro atoms. The van der Waals surface area contributed by atoms with Gasteiger partial charge < -0.3 is 25.1 Å². The van der Waals surface area contributed by atoms with Crippen molar-refractivity contribution in [1.82, 2.24) is 25.3 Å². The lowest BCUT2D eigenvalue weighted by Crippen LogP contribution is -2.45. The second-order valence-corrected chi connectivity index (χ2v) is 10.3. The van der Waals surface area contributed by atoms with Crippen molar-refractivity contribution in [3.63, 3.8) is 0 Å². The number of halogens is 1. The number of benzene rings is 2. The van der Waals surface area contributed by atoms with Crippen LogP contribution in [0.25, 0.3) is 22.6 Å². The van der Waals surface area contributed by atoms with Gasteiger partial charge in [0.05, 0.1) is 30.3 Å². The van der Waals surface area contributed by atoms with Crippen LogP contribution in [0.4, 0.5) is 10.3 Å². The number of ether oxygens (including phenoxy) is 2. The zero-order valence-corrected chi connectivity index (χ0v) is 21.5. The highest BCUT2D eigenvalue weighted by molar-refractivity contribution is 5.94. The predicted octanol–water partition coefficient (Wildman–Crippen LogP) is 4.73. The summed E-state index contributed by atoms with van der Waals surface area (Å²) in [4.78, 5) is 29.6. The third kappa shape index (κ3) is 5.81. The Balaban J connectivity index is 1.20. The van der Waals surface area contributed by atoms with Gasteiger partial charge in [-0.1, -0.05) is 25.1 Å². The predicted molar refractivity (Wildman–Crippen MR) is 143 cm³/mol. The van der Waals surface area contributed by atoms with Crippen molar-refractivity contribution in [3.8, 4) is 22.6 Å². The van der Waals surface area contributed by atoms with Gasteiger partial charge in [-0.05, 0) is 55.3 Å². The van der Waals surface area contributed by atoms with E-state index >= 15 is 0 Å². The molecule has 200 valence electrons. The number of amides is 1. The zero-order chi connectivity index (χ0) is 26.8. The number of carbonyl (C=O) groups is 1. The molecule has 6 rings (SSSR count). The van der Waals surface area contributed by atoms with Gasteiger partial charge in [0.25, 0.3) is 5.91 Å². The number of anilines is 1. The number of hydrogen-bond acceptors (Lipinski definition) is 7. The number of H-pyrrole nitrogens is 1. The van der Waals surface area contributed by atoms with Gasteiger partial charge in [0, 0.05) is 35.3 Å². The smallest absolute Gasteiger partial charge is 0.251 e. The number of rotatable bonds is 8. The normalized spacial score (nSPS) is 20.9. The van der Waals surface area contributed by atoms with Crippen LogP contribution in [-0.2, 0) is 9.47 Å². The van der Waals surface area contributed by atoms with Crippen molar-refractivity contribution >= 4 is 11.9 Å². The molecule has 2 aliphatic rings. The molecule has 0 atom stereocenters. The first-order valence-electron chi connectivity index (χ1n) is 13.0. The first kappa shape index (κ1) is 25.1. The molecule has 0 bridgehead atoms. The van der Waals surface area contributed by atoms with Gasteiger partial charge >= 0.3 is 0 Å². The SMILES string of the molecule is CC1(CNC(=O)c2ccccc2)COC(c2nc(-c3ccc(F)cc3)c(-c3ccnc(NC4CC4)n3)[nH]2)OC1. The van der Waals surface area contributed by atoms with Crippen LogP contribution < -0.4 is 10.6 Å². The molecule has 10 heteroatoms. The molecule has 1 aliphatic heterocycles. The second kappa shape index (κ2) is 10.5. The Labute approximate surface area is 225 Å². The van der Waals surface area contributed by atoms with Crippen molar-refractivity contribution in [1.29, 1.82) is 0 Å². The van der Waals surface area contributed by atoms with E-state index in [9.17, 15) is 9.18 Å². The highest BCUT2D eigenvalue weighted by atomic mass is 19.1. The van der Waals surface area contributed by atoms with E-state index in [0.29, 0.717) is 60.2 Å². The van der Waals surface area contributed by atoms with Gasteiger partial charge in [-0.15, -0.1) is 0 Å². The summed E-state index contributed by atoms with van der Waals surface area (Å²) in [5.74, 6) is 0.565. The topological polar surface area (TPSA) is 114 Å². The molecule has 1 aliphatic carbocycles. The zero-order valence-electron chi connectivity index (χ0n) is 21.5. The highest BCUT2D eigenvalue weighted by Gasteiger charge is 2.35. The summed E-state index contributed by atoms with van der Waals surface area (Å²) >= 11 is 0. The van der Waals surface area contributed by atoms with Gasteiger partial charge in [-0.3, -0.25) is 4.79 Å². The fourth-order valence-corrected chi connectivity index (χ4v) is 4.37. The van der Waals surface area contributed by atoms with Crippen molar-refractivity contribution in [2.24, 2.45) is 5.41 Å². The summed E-state index contributed by atoms with van der Waals surface area (Å²) in [5.41, 5.74) is 2.84. The minimum Gasteiger partial charge on any atom is -0.351 e. The van der Waals surface area contributed by atoms with Crippen LogP contribution in [0.2, 0.25) is 0 Å². The Morgan fingerprint density at radius 2 is 1.79 bits per heavy atom. The summed E-state index contributed by atoms with van der Waals surface area (Å²) in [6.07, 6.45) is 3.17. The Bertz CT molecular complexity index is 1450. The van der Waals surface area contributed by atoms with E-state index in [1.54, 1.807) is 36.5 Å². The average Bonchev–Trinajstić information content (AvgIpc) is 3.67. The van der Waals surface area contributed by atoms with Crippen LogP contribution >= 0.6 is 0 Å². The van der Waals surface area contributed by atoms with Crippen LogP contribution in [0.3, 0.4) is 0 Å². The van der Waals surface area contributed by atoms with E-state index in [-0.39, 0.29) is 11.7 Å². The number of imidazole rings is 1. The molecule has 4 aromatic rings. The lowest BCUT2D eigenvalue weighted by molar-refractivity contribution is -0.231. The molecule has 3 N–H and O–H groups in total. The number of nitrogens with zero attached hydrogens (tertiary/aromatic N) is 3. The first-order chi connectivity index (χ1) is 19.0. The Morgan fingerprint density at radius 1 is 1.05 bits per heavy atom. The number of aromatic nitrogens is 4. The van der Waals surface area contributed by atoms with Crippen LogP contribution in [0.5, 0.6) is 0 Å². The van der Waals surface area contributed by atoms with Gasteiger partial charge in [0.15, 0.2) is 5.82 Å². The van der Waals surface area contributed by atoms with Crippen LogP contribution in [0.15, 0.2) is 66.9 Å².